The molecule has 0 rings (SSSR count). The number of aliphatic imine (C=N–C) groups is 1. The lowest BCUT2D eigenvalue weighted by Crippen LogP contribution is -2.37. The minimum absolute atomic E-state index is 0.0159. The van der Waals surface area contributed by atoms with Crippen LogP contribution in [0.1, 0.15) is 26.7 Å². The molecule has 0 aliphatic rings. The predicted molar refractivity (Wildman–Crippen MR) is 65.7 cm³/mol. The van der Waals surface area contributed by atoms with Crippen LogP contribution < -0.4 is 22.5 Å². The SMILES string of the molecule is CC(N)CNC(=O)C(C)CCCN=C(N)N. The van der Waals surface area contributed by atoms with Crippen LogP contribution >= 0.6 is 0 Å². The number of nitrogens with zero attached hydrogens (tertiary/aromatic N) is 1. The highest BCUT2D eigenvalue weighted by atomic mass is 16.1. The number of nitrogens with one attached hydrogen (secondary N) is 1. The molecule has 1 amide bonds. The second-order valence-corrected chi connectivity index (χ2v) is 4.07. The molecule has 0 saturated carbocycles. The van der Waals surface area contributed by atoms with Gasteiger partial charge in [0.1, 0.15) is 0 Å². The zero-order chi connectivity index (χ0) is 12.6. The maximum absolute atomic E-state index is 11.5. The summed E-state index contributed by atoms with van der Waals surface area (Å²) in [6, 6.07) is -0.0159. The van der Waals surface area contributed by atoms with Crippen molar-refractivity contribution in [2.24, 2.45) is 28.1 Å². The van der Waals surface area contributed by atoms with E-state index in [-0.39, 0.29) is 23.8 Å². The van der Waals surface area contributed by atoms with E-state index in [1.165, 1.54) is 0 Å². The largest absolute Gasteiger partial charge is 0.370 e. The molecule has 0 spiro atoms. The number of carbonyl (C=O) groups excluding carboxylic acids is 1. The van der Waals surface area contributed by atoms with Gasteiger partial charge in [-0.3, -0.25) is 9.79 Å². The Kier molecular flexibility index (Phi) is 7.28. The summed E-state index contributed by atoms with van der Waals surface area (Å²) in [7, 11) is 0. The Morgan fingerprint density at radius 3 is 2.50 bits per heavy atom. The average Bonchev–Trinajstić information content (AvgIpc) is 2.20. The molecule has 2 atom stereocenters. The number of carbonyl (C=O) groups is 1. The Bertz CT molecular complexity index is 235. The second-order valence-electron chi connectivity index (χ2n) is 4.07. The van der Waals surface area contributed by atoms with Crippen LogP contribution in [0.15, 0.2) is 4.99 Å². The van der Waals surface area contributed by atoms with Crippen molar-refractivity contribution in [2.75, 3.05) is 13.1 Å². The van der Waals surface area contributed by atoms with E-state index in [0.717, 1.165) is 12.8 Å². The van der Waals surface area contributed by atoms with Gasteiger partial charge in [0.2, 0.25) is 5.91 Å². The zero-order valence-corrected chi connectivity index (χ0v) is 10.1. The van der Waals surface area contributed by atoms with E-state index >= 15 is 0 Å². The fraction of sp³-hybridized carbons (Fsp3) is 0.800. The van der Waals surface area contributed by atoms with Crippen LogP contribution in [0.4, 0.5) is 0 Å². The first-order valence-electron chi connectivity index (χ1n) is 5.52. The quantitative estimate of drug-likeness (QED) is 0.258. The van der Waals surface area contributed by atoms with Crippen molar-refractivity contribution in [3.05, 3.63) is 0 Å². The first kappa shape index (κ1) is 14.7. The second kappa shape index (κ2) is 7.92. The smallest absolute Gasteiger partial charge is 0.222 e. The molecule has 0 aliphatic heterocycles. The van der Waals surface area contributed by atoms with Crippen LogP contribution in [0.3, 0.4) is 0 Å². The number of nitrogens with two attached hydrogens (primary N) is 3. The van der Waals surface area contributed by atoms with Crippen molar-refractivity contribution in [1.29, 1.82) is 0 Å². The minimum atomic E-state index is -0.0343. The lowest BCUT2D eigenvalue weighted by atomic mass is 10.0. The van der Waals surface area contributed by atoms with E-state index in [1.807, 2.05) is 13.8 Å². The van der Waals surface area contributed by atoms with Crippen LogP contribution in [-0.2, 0) is 4.79 Å². The van der Waals surface area contributed by atoms with Gasteiger partial charge in [-0.15, -0.1) is 0 Å². The molecule has 0 radical (unpaired) electrons. The third kappa shape index (κ3) is 8.05. The van der Waals surface area contributed by atoms with Crippen LogP contribution in [0, 0.1) is 5.92 Å². The van der Waals surface area contributed by atoms with Crippen molar-refractivity contribution < 1.29 is 4.79 Å². The van der Waals surface area contributed by atoms with E-state index in [1.54, 1.807) is 0 Å². The summed E-state index contributed by atoms with van der Waals surface area (Å²) >= 11 is 0. The van der Waals surface area contributed by atoms with Gasteiger partial charge in [-0.05, 0) is 19.8 Å². The van der Waals surface area contributed by atoms with Crippen LogP contribution in [0.5, 0.6) is 0 Å². The fourth-order valence-electron chi connectivity index (χ4n) is 1.17. The lowest BCUT2D eigenvalue weighted by molar-refractivity contribution is -0.124. The summed E-state index contributed by atoms with van der Waals surface area (Å²) in [6.07, 6.45) is 1.56. The average molecular weight is 229 g/mol. The third-order valence-electron chi connectivity index (χ3n) is 2.14. The molecule has 0 bridgehead atoms. The molecule has 6 nitrogen and oxygen atoms in total. The Labute approximate surface area is 96.7 Å². The molecule has 0 saturated heterocycles. The Morgan fingerprint density at radius 1 is 1.38 bits per heavy atom. The van der Waals surface area contributed by atoms with Gasteiger partial charge in [-0.1, -0.05) is 6.92 Å². The molecule has 0 fully saturated rings. The van der Waals surface area contributed by atoms with E-state index in [0.29, 0.717) is 13.1 Å². The van der Waals surface area contributed by atoms with Gasteiger partial charge in [0.25, 0.3) is 0 Å². The minimum Gasteiger partial charge on any atom is -0.370 e. The highest BCUT2D eigenvalue weighted by Crippen LogP contribution is 2.05. The molecule has 0 aromatic rings. The molecule has 0 aromatic carbocycles. The van der Waals surface area contributed by atoms with Gasteiger partial charge in [0, 0.05) is 25.0 Å². The van der Waals surface area contributed by atoms with Gasteiger partial charge in [-0.25, -0.2) is 0 Å². The van der Waals surface area contributed by atoms with Crippen LogP contribution in [0.2, 0.25) is 0 Å². The van der Waals surface area contributed by atoms with Gasteiger partial charge < -0.3 is 22.5 Å². The van der Waals surface area contributed by atoms with Crippen molar-refractivity contribution in [3.8, 4) is 0 Å². The van der Waals surface area contributed by atoms with E-state index < -0.39 is 0 Å². The van der Waals surface area contributed by atoms with E-state index in [9.17, 15) is 4.79 Å². The number of rotatable bonds is 7. The third-order valence-corrected chi connectivity index (χ3v) is 2.14. The lowest BCUT2D eigenvalue weighted by Gasteiger charge is -2.12. The molecule has 0 aromatic heterocycles. The number of amides is 1. The molecule has 94 valence electrons. The summed E-state index contributed by atoms with van der Waals surface area (Å²) in [5.74, 6) is 0.0870. The van der Waals surface area contributed by atoms with Crippen molar-refractivity contribution in [3.63, 3.8) is 0 Å². The van der Waals surface area contributed by atoms with Crippen LogP contribution in [-0.4, -0.2) is 31.0 Å². The summed E-state index contributed by atoms with van der Waals surface area (Å²) in [5, 5.41) is 2.78. The Morgan fingerprint density at radius 2 is 2.00 bits per heavy atom. The maximum Gasteiger partial charge on any atom is 0.222 e. The first-order valence-corrected chi connectivity index (χ1v) is 5.52. The molecule has 16 heavy (non-hydrogen) atoms. The molecule has 7 N–H and O–H groups in total. The highest BCUT2D eigenvalue weighted by Gasteiger charge is 2.11. The fourth-order valence-corrected chi connectivity index (χ4v) is 1.17. The molecular formula is C10H23N5O. The standard InChI is InChI=1S/C10H23N5O/c1-7(4-3-5-14-10(12)13)9(16)15-6-8(2)11/h7-8H,3-6,11H2,1-2H3,(H,15,16)(H4,12,13,14). The van der Waals surface area contributed by atoms with Crippen molar-refractivity contribution >= 4 is 11.9 Å². The monoisotopic (exact) mass is 229 g/mol. The summed E-state index contributed by atoms with van der Waals surface area (Å²) < 4.78 is 0. The van der Waals surface area contributed by atoms with E-state index in [4.69, 9.17) is 17.2 Å². The highest BCUT2D eigenvalue weighted by molar-refractivity contribution is 5.78. The number of guanidine groups is 1. The topological polar surface area (TPSA) is 120 Å². The Hall–Kier alpha value is -1.30. The molecule has 2 unspecified atom stereocenters. The molecule has 0 heterocycles. The normalized spacial score (nSPS) is 13.9. The summed E-state index contributed by atoms with van der Waals surface area (Å²) in [5.41, 5.74) is 15.9. The van der Waals surface area contributed by atoms with Crippen LogP contribution in [0.25, 0.3) is 0 Å². The number of hydrogen-bond donors (Lipinski definition) is 4. The molecular weight excluding hydrogens is 206 g/mol. The van der Waals surface area contributed by atoms with E-state index in [2.05, 4.69) is 10.3 Å². The van der Waals surface area contributed by atoms with Gasteiger partial charge >= 0.3 is 0 Å². The van der Waals surface area contributed by atoms with Crippen molar-refractivity contribution in [2.45, 2.75) is 32.7 Å². The number of hydrogen-bond acceptors (Lipinski definition) is 3. The first-order chi connectivity index (χ1) is 7.43. The van der Waals surface area contributed by atoms with Crippen molar-refractivity contribution in [1.82, 2.24) is 5.32 Å². The zero-order valence-electron chi connectivity index (χ0n) is 10.1. The molecule has 0 aliphatic carbocycles. The maximum atomic E-state index is 11.5. The van der Waals surface area contributed by atoms with Gasteiger partial charge in [0.05, 0.1) is 0 Å². The summed E-state index contributed by atoms with van der Waals surface area (Å²) in [4.78, 5) is 15.4. The predicted octanol–water partition coefficient (Wildman–Crippen LogP) is -0.860. The Balaban J connectivity index is 3.67. The summed E-state index contributed by atoms with van der Waals surface area (Å²) in [6.45, 7) is 4.81. The molecule has 6 heteroatoms. The van der Waals surface area contributed by atoms with Gasteiger partial charge in [-0.2, -0.15) is 0 Å². The van der Waals surface area contributed by atoms with Gasteiger partial charge in [0.15, 0.2) is 5.96 Å².